The van der Waals surface area contributed by atoms with Gasteiger partial charge in [-0.1, -0.05) is 49.4 Å². The summed E-state index contributed by atoms with van der Waals surface area (Å²) in [7, 11) is 0. The Morgan fingerprint density at radius 3 is 2.48 bits per heavy atom. The van der Waals surface area contributed by atoms with Crippen molar-refractivity contribution in [2.45, 2.75) is 18.9 Å². The highest BCUT2D eigenvalue weighted by Gasteiger charge is 2.35. The van der Waals surface area contributed by atoms with E-state index in [9.17, 15) is 4.79 Å². The fraction of sp³-hybridized carbons (Fsp3) is 0.235. The van der Waals surface area contributed by atoms with Crippen LogP contribution in [-0.4, -0.2) is 12.5 Å². The standard InChI is InChI=1S/C17H20N2O2/c1-2-13-7-6-10-15(11-13)21-12-17(19,16(18)20)14-8-4-3-5-9-14/h3-11H,2,12,19H2,1H3,(H2,18,20). The molecule has 0 saturated heterocycles. The monoisotopic (exact) mass is 284 g/mol. The van der Waals surface area contributed by atoms with Crippen molar-refractivity contribution >= 4 is 5.91 Å². The number of hydrogen-bond acceptors (Lipinski definition) is 3. The van der Waals surface area contributed by atoms with Gasteiger partial charge in [-0.15, -0.1) is 0 Å². The zero-order valence-electron chi connectivity index (χ0n) is 12.1. The maximum Gasteiger partial charge on any atom is 0.245 e. The van der Waals surface area contributed by atoms with E-state index in [1.807, 2.05) is 42.5 Å². The third kappa shape index (κ3) is 3.41. The summed E-state index contributed by atoms with van der Waals surface area (Å²) in [5, 5.41) is 0. The van der Waals surface area contributed by atoms with Crippen LogP contribution in [0.1, 0.15) is 18.1 Å². The van der Waals surface area contributed by atoms with E-state index in [4.69, 9.17) is 16.2 Å². The number of benzene rings is 2. The summed E-state index contributed by atoms with van der Waals surface area (Å²) in [6.07, 6.45) is 0.916. The fourth-order valence-corrected chi connectivity index (χ4v) is 2.08. The van der Waals surface area contributed by atoms with Gasteiger partial charge in [0.15, 0.2) is 5.54 Å². The number of carbonyl (C=O) groups excluding carboxylic acids is 1. The Labute approximate surface area is 124 Å². The lowest BCUT2D eigenvalue weighted by atomic mass is 9.91. The van der Waals surface area contributed by atoms with Gasteiger partial charge in [0, 0.05) is 0 Å². The highest BCUT2D eigenvalue weighted by atomic mass is 16.5. The summed E-state index contributed by atoms with van der Waals surface area (Å²) in [6, 6.07) is 16.8. The van der Waals surface area contributed by atoms with Crippen LogP contribution in [0.3, 0.4) is 0 Å². The Kier molecular flexibility index (Phi) is 4.60. The highest BCUT2D eigenvalue weighted by molar-refractivity contribution is 5.86. The van der Waals surface area contributed by atoms with Crippen LogP contribution in [-0.2, 0) is 16.8 Å². The molecule has 110 valence electrons. The topological polar surface area (TPSA) is 78.3 Å². The summed E-state index contributed by atoms with van der Waals surface area (Å²) >= 11 is 0. The molecule has 0 aliphatic rings. The summed E-state index contributed by atoms with van der Waals surface area (Å²) in [6.45, 7) is 2.07. The molecule has 1 atom stereocenters. The van der Waals surface area contributed by atoms with Gasteiger partial charge in [0.2, 0.25) is 5.91 Å². The second-order valence-corrected chi connectivity index (χ2v) is 4.99. The summed E-state index contributed by atoms with van der Waals surface area (Å²) in [4.78, 5) is 11.8. The average molecular weight is 284 g/mol. The number of hydrogen-bond donors (Lipinski definition) is 2. The van der Waals surface area contributed by atoms with E-state index >= 15 is 0 Å². The molecule has 1 amide bonds. The van der Waals surface area contributed by atoms with Crippen LogP contribution in [0.15, 0.2) is 54.6 Å². The molecule has 0 bridgehead atoms. The van der Waals surface area contributed by atoms with E-state index in [0.717, 1.165) is 12.0 Å². The van der Waals surface area contributed by atoms with Gasteiger partial charge in [-0.05, 0) is 29.7 Å². The van der Waals surface area contributed by atoms with Gasteiger partial charge in [0.25, 0.3) is 0 Å². The molecule has 0 radical (unpaired) electrons. The quantitative estimate of drug-likeness (QED) is 0.851. The first-order valence-corrected chi connectivity index (χ1v) is 6.92. The summed E-state index contributed by atoms with van der Waals surface area (Å²) in [5.74, 6) is 0.0710. The first-order valence-electron chi connectivity index (χ1n) is 6.92. The Bertz CT molecular complexity index is 613. The molecule has 0 fully saturated rings. The van der Waals surface area contributed by atoms with E-state index in [-0.39, 0.29) is 6.61 Å². The molecule has 2 aromatic rings. The molecule has 0 aliphatic carbocycles. The first-order chi connectivity index (χ1) is 10.1. The zero-order valence-corrected chi connectivity index (χ0v) is 12.1. The van der Waals surface area contributed by atoms with Crippen LogP contribution < -0.4 is 16.2 Å². The van der Waals surface area contributed by atoms with E-state index < -0.39 is 11.4 Å². The molecule has 2 rings (SSSR count). The van der Waals surface area contributed by atoms with Gasteiger partial charge in [0.1, 0.15) is 12.4 Å². The van der Waals surface area contributed by atoms with E-state index in [0.29, 0.717) is 11.3 Å². The predicted molar refractivity (Wildman–Crippen MR) is 82.8 cm³/mol. The van der Waals surface area contributed by atoms with Crippen LogP contribution in [0.2, 0.25) is 0 Å². The second kappa shape index (κ2) is 6.41. The molecule has 21 heavy (non-hydrogen) atoms. The van der Waals surface area contributed by atoms with Crippen molar-refractivity contribution < 1.29 is 9.53 Å². The molecule has 0 spiro atoms. The van der Waals surface area contributed by atoms with E-state index in [2.05, 4.69) is 6.92 Å². The largest absolute Gasteiger partial charge is 0.491 e. The lowest BCUT2D eigenvalue weighted by Crippen LogP contribution is -2.53. The average Bonchev–Trinajstić information content (AvgIpc) is 2.53. The molecule has 4 N–H and O–H groups in total. The van der Waals surface area contributed by atoms with Crippen LogP contribution in [0.4, 0.5) is 0 Å². The van der Waals surface area contributed by atoms with E-state index in [1.165, 1.54) is 0 Å². The second-order valence-electron chi connectivity index (χ2n) is 4.99. The van der Waals surface area contributed by atoms with Crippen molar-refractivity contribution in [3.8, 4) is 5.75 Å². The first kappa shape index (κ1) is 15.1. The fourth-order valence-electron chi connectivity index (χ4n) is 2.08. The number of aryl methyl sites for hydroxylation is 1. The molecule has 0 aliphatic heterocycles. The van der Waals surface area contributed by atoms with Gasteiger partial charge < -0.3 is 16.2 Å². The molecular weight excluding hydrogens is 264 g/mol. The van der Waals surface area contributed by atoms with Gasteiger partial charge in [-0.3, -0.25) is 4.79 Å². The summed E-state index contributed by atoms with van der Waals surface area (Å²) < 4.78 is 5.70. The Morgan fingerprint density at radius 1 is 1.14 bits per heavy atom. The van der Waals surface area contributed by atoms with Crippen molar-refractivity contribution in [2.75, 3.05) is 6.61 Å². The molecule has 0 aromatic heterocycles. The maximum absolute atomic E-state index is 11.8. The van der Waals surface area contributed by atoms with Crippen molar-refractivity contribution in [1.82, 2.24) is 0 Å². The maximum atomic E-state index is 11.8. The number of carbonyl (C=O) groups is 1. The normalized spacial score (nSPS) is 13.4. The van der Waals surface area contributed by atoms with Crippen LogP contribution in [0.5, 0.6) is 5.75 Å². The van der Waals surface area contributed by atoms with Crippen LogP contribution in [0, 0.1) is 0 Å². The molecule has 4 heteroatoms. The molecule has 4 nitrogen and oxygen atoms in total. The smallest absolute Gasteiger partial charge is 0.245 e. The molecule has 0 saturated carbocycles. The Balaban J connectivity index is 2.19. The molecule has 1 unspecified atom stereocenters. The zero-order chi connectivity index (χ0) is 15.3. The van der Waals surface area contributed by atoms with Crippen molar-refractivity contribution in [3.05, 3.63) is 65.7 Å². The highest BCUT2D eigenvalue weighted by Crippen LogP contribution is 2.21. The van der Waals surface area contributed by atoms with Crippen LogP contribution in [0.25, 0.3) is 0 Å². The number of amides is 1. The van der Waals surface area contributed by atoms with Crippen molar-refractivity contribution in [3.63, 3.8) is 0 Å². The Morgan fingerprint density at radius 2 is 1.86 bits per heavy atom. The number of rotatable bonds is 6. The SMILES string of the molecule is CCc1cccc(OCC(N)(C(N)=O)c2ccccc2)c1. The number of primary amides is 1. The third-order valence-electron chi connectivity index (χ3n) is 3.50. The minimum absolute atomic E-state index is 0.000482. The lowest BCUT2D eigenvalue weighted by molar-refractivity contribution is -0.124. The van der Waals surface area contributed by atoms with Crippen molar-refractivity contribution in [2.24, 2.45) is 11.5 Å². The number of nitrogens with two attached hydrogens (primary N) is 2. The minimum atomic E-state index is -1.34. The van der Waals surface area contributed by atoms with Crippen LogP contribution >= 0.6 is 0 Å². The van der Waals surface area contributed by atoms with Gasteiger partial charge in [-0.25, -0.2) is 0 Å². The predicted octanol–water partition coefficient (Wildman–Crippen LogP) is 1.97. The Hall–Kier alpha value is -2.33. The van der Waals surface area contributed by atoms with Gasteiger partial charge in [-0.2, -0.15) is 0 Å². The van der Waals surface area contributed by atoms with Gasteiger partial charge in [0.05, 0.1) is 0 Å². The number of ether oxygens (including phenoxy) is 1. The lowest BCUT2D eigenvalue weighted by Gasteiger charge is -2.26. The third-order valence-corrected chi connectivity index (χ3v) is 3.50. The van der Waals surface area contributed by atoms with Gasteiger partial charge >= 0.3 is 0 Å². The minimum Gasteiger partial charge on any atom is -0.491 e. The van der Waals surface area contributed by atoms with E-state index in [1.54, 1.807) is 12.1 Å². The van der Waals surface area contributed by atoms with Crippen molar-refractivity contribution in [1.29, 1.82) is 0 Å². The molecular formula is C17H20N2O2. The summed E-state index contributed by atoms with van der Waals surface area (Å²) in [5.41, 5.74) is 12.1. The molecule has 0 heterocycles. The molecule has 2 aromatic carbocycles.